The van der Waals surface area contributed by atoms with Crippen LogP contribution >= 0.6 is 0 Å². The van der Waals surface area contributed by atoms with Crippen LogP contribution in [0.1, 0.15) is 172 Å². The van der Waals surface area contributed by atoms with Crippen molar-refractivity contribution in [2.45, 2.75) is 176 Å². The molecule has 3 aliphatic rings. The van der Waals surface area contributed by atoms with Gasteiger partial charge in [-0.2, -0.15) is 0 Å². The van der Waals surface area contributed by atoms with Crippen molar-refractivity contribution >= 4 is 0 Å². The van der Waals surface area contributed by atoms with E-state index >= 15 is 0 Å². The minimum atomic E-state index is 0. The number of rotatable bonds is 2. The van der Waals surface area contributed by atoms with Crippen LogP contribution in [0.25, 0.3) is 0 Å². The Morgan fingerprint density at radius 3 is 1.28 bits per heavy atom. The smallest absolute Gasteiger partial charge is 0.00779 e. The molecule has 3 aliphatic carbocycles. The standard InChI is InChI=1S/C13H16.C11H18.C4H8.5C2H6.CH4/c1-9-12-6-2-4-10(12)8-11-5-3-7-13(9)11;1-5-10(8-9(2)3)11(4)6-7-11;1-3-4-2;5*1-2;/h8H,2-7H2,1H3;5,8H,6-7H2,1-4H3;3-4H,1-2H3;5*1-2H3;1H4/b;10-5+;4-3+;;;;;;. The molecule has 0 unspecified atom stereocenters. The van der Waals surface area contributed by atoms with Gasteiger partial charge in [0.25, 0.3) is 0 Å². The van der Waals surface area contributed by atoms with E-state index in [0.29, 0.717) is 5.41 Å². The van der Waals surface area contributed by atoms with Gasteiger partial charge in [0.15, 0.2) is 0 Å². The third-order valence-electron chi connectivity index (χ3n) is 6.56. The maximum Gasteiger partial charge on any atom is -0.00779 e. The first-order valence-electron chi connectivity index (χ1n) is 16.4. The van der Waals surface area contributed by atoms with Crippen LogP contribution in [0, 0.1) is 12.3 Å². The lowest BCUT2D eigenvalue weighted by atomic mass is 9.95. The summed E-state index contributed by atoms with van der Waals surface area (Å²) in [7, 11) is 0. The molecule has 0 aromatic heterocycles. The highest BCUT2D eigenvalue weighted by molar-refractivity contribution is 5.49. The van der Waals surface area contributed by atoms with Gasteiger partial charge in [0.2, 0.25) is 0 Å². The molecule has 0 heterocycles. The summed E-state index contributed by atoms with van der Waals surface area (Å²) in [6, 6.07) is 2.50. The first-order valence-corrected chi connectivity index (χ1v) is 16.4. The summed E-state index contributed by atoms with van der Waals surface area (Å²) in [6.07, 6.45) is 19.4. The number of hydrogen-bond acceptors (Lipinski definition) is 0. The number of fused-ring (bicyclic) bond motifs is 2. The van der Waals surface area contributed by atoms with E-state index in [9.17, 15) is 0 Å². The SMILES string of the molecule is C.C/C=C(\C=C(C)C)C1(C)CC1.C/C=C/C.CC.CC.CC.CC.CC.Cc1c2c(cc3c1CCC3)CCC2. The van der Waals surface area contributed by atoms with Crippen molar-refractivity contribution in [3.8, 4) is 0 Å². The molecule has 4 rings (SSSR count). The fourth-order valence-electron chi connectivity index (χ4n) is 4.50. The number of benzene rings is 1. The number of aryl methyl sites for hydroxylation is 2. The Labute approximate surface area is 250 Å². The lowest BCUT2D eigenvalue weighted by Crippen LogP contribution is -1.95. The fraction of sp³-hybridized carbons (Fsp3) is 0.692. The van der Waals surface area contributed by atoms with E-state index in [1.807, 2.05) is 95.2 Å². The van der Waals surface area contributed by atoms with Crippen molar-refractivity contribution in [1.82, 2.24) is 0 Å². The quantitative estimate of drug-likeness (QED) is 0.256. The van der Waals surface area contributed by atoms with E-state index in [2.05, 4.69) is 52.8 Å². The summed E-state index contributed by atoms with van der Waals surface area (Å²) < 4.78 is 0. The molecule has 0 heteroatoms. The molecule has 1 aromatic rings. The van der Waals surface area contributed by atoms with Crippen LogP contribution < -0.4 is 0 Å². The number of hydrogen-bond donors (Lipinski definition) is 0. The lowest BCUT2D eigenvalue weighted by Gasteiger charge is -2.10. The summed E-state index contributed by atoms with van der Waals surface area (Å²) in [5.41, 5.74) is 11.8. The van der Waals surface area contributed by atoms with Crippen molar-refractivity contribution in [2.24, 2.45) is 5.41 Å². The molecule has 0 N–H and O–H groups in total. The van der Waals surface area contributed by atoms with E-state index in [0.717, 1.165) is 0 Å². The molecule has 0 saturated heterocycles. The highest BCUT2D eigenvalue weighted by Crippen LogP contribution is 2.51. The van der Waals surface area contributed by atoms with Crippen molar-refractivity contribution in [3.05, 3.63) is 69.3 Å². The third-order valence-corrected chi connectivity index (χ3v) is 6.56. The van der Waals surface area contributed by atoms with Gasteiger partial charge in [-0.3, -0.25) is 0 Å². The lowest BCUT2D eigenvalue weighted by molar-refractivity contribution is 0.706. The zero-order valence-corrected chi connectivity index (χ0v) is 29.5. The van der Waals surface area contributed by atoms with Crippen molar-refractivity contribution in [1.29, 1.82) is 0 Å². The molecule has 0 bridgehead atoms. The van der Waals surface area contributed by atoms with Crippen molar-refractivity contribution in [2.75, 3.05) is 0 Å². The van der Waals surface area contributed by atoms with Crippen LogP contribution in [0.4, 0.5) is 0 Å². The molecule has 0 aliphatic heterocycles. The third kappa shape index (κ3) is 18.4. The molecule has 232 valence electrons. The summed E-state index contributed by atoms with van der Waals surface area (Å²) in [6.45, 7) is 35.2. The summed E-state index contributed by atoms with van der Waals surface area (Å²) in [5.74, 6) is 0. The molecule has 0 nitrogen and oxygen atoms in total. The molecule has 1 aromatic carbocycles. The van der Waals surface area contributed by atoms with Gasteiger partial charge < -0.3 is 0 Å². The van der Waals surface area contributed by atoms with Crippen LogP contribution in [-0.2, 0) is 25.7 Å². The first-order chi connectivity index (χ1) is 18.4. The second-order valence-corrected chi connectivity index (χ2v) is 9.18. The maximum absolute atomic E-state index is 2.50. The molecule has 0 radical (unpaired) electrons. The van der Waals surface area contributed by atoms with Gasteiger partial charge in [-0.05, 0) is 132 Å². The normalized spacial score (nSPS) is 14.0. The van der Waals surface area contributed by atoms with Crippen LogP contribution in [0.3, 0.4) is 0 Å². The Bertz CT molecular complexity index is 710. The van der Waals surface area contributed by atoms with Gasteiger partial charge in [-0.25, -0.2) is 0 Å². The second kappa shape index (κ2) is 31.0. The highest BCUT2D eigenvalue weighted by atomic mass is 14.4. The Kier molecular flexibility index (Phi) is 37.5. The maximum atomic E-state index is 2.50. The molecule has 0 amide bonds. The average Bonchev–Trinajstić information content (AvgIpc) is 3.33. The van der Waals surface area contributed by atoms with E-state index in [1.165, 1.54) is 62.5 Å². The zero-order chi connectivity index (χ0) is 30.7. The predicted octanol–water partition coefficient (Wildman–Crippen LogP) is 14.0. The van der Waals surface area contributed by atoms with Gasteiger partial charge in [-0.15, -0.1) is 0 Å². The minimum Gasteiger partial charge on any atom is -0.0919 e. The molecule has 39 heavy (non-hydrogen) atoms. The Morgan fingerprint density at radius 2 is 1.03 bits per heavy atom. The van der Waals surface area contributed by atoms with Crippen molar-refractivity contribution < 1.29 is 0 Å². The second-order valence-electron chi connectivity index (χ2n) is 9.18. The molecule has 0 spiro atoms. The fourth-order valence-corrected chi connectivity index (χ4v) is 4.50. The van der Waals surface area contributed by atoms with E-state index in [4.69, 9.17) is 0 Å². The summed E-state index contributed by atoms with van der Waals surface area (Å²) in [5, 5.41) is 0. The zero-order valence-electron chi connectivity index (χ0n) is 29.5. The minimum absolute atomic E-state index is 0. The molecule has 1 saturated carbocycles. The van der Waals surface area contributed by atoms with Gasteiger partial charge in [0.05, 0.1) is 0 Å². The monoisotopic (exact) mass is 545 g/mol. The molecular formula is C39H76. The van der Waals surface area contributed by atoms with Gasteiger partial charge in [0.1, 0.15) is 0 Å². The largest absolute Gasteiger partial charge is 0.0919 e. The Morgan fingerprint density at radius 1 is 0.667 bits per heavy atom. The molecule has 1 fully saturated rings. The summed E-state index contributed by atoms with van der Waals surface area (Å²) in [4.78, 5) is 0. The van der Waals surface area contributed by atoms with Gasteiger partial charge in [0, 0.05) is 0 Å². The Balaban J connectivity index is -0.000000135. The van der Waals surface area contributed by atoms with E-state index in [1.54, 1.807) is 27.8 Å². The molecule has 0 atom stereocenters. The summed E-state index contributed by atoms with van der Waals surface area (Å²) >= 11 is 0. The average molecular weight is 545 g/mol. The molecular weight excluding hydrogens is 468 g/mol. The van der Waals surface area contributed by atoms with Crippen LogP contribution in [0.15, 0.2) is 41.5 Å². The van der Waals surface area contributed by atoms with E-state index in [-0.39, 0.29) is 7.43 Å². The van der Waals surface area contributed by atoms with Crippen LogP contribution in [-0.4, -0.2) is 0 Å². The highest BCUT2D eigenvalue weighted by Gasteiger charge is 2.39. The predicted molar refractivity (Wildman–Crippen MR) is 190 cm³/mol. The van der Waals surface area contributed by atoms with Gasteiger partial charge >= 0.3 is 0 Å². The number of allylic oxidation sites excluding steroid dienone is 6. The van der Waals surface area contributed by atoms with Crippen LogP contribution in [0.5, 0.6) is 0 Å². The van der Waals surface area contributed by atoms with Gasteiger partial charge in [-0.1, -0.05) is 120 Å². The Hall–Kier alpha value is -1.56. The van der Waals surface area contributed by atoms with Crippen LogP contribution in [0.2, 0.25) is 0 Å². The van der Waals surface area contributed by atoms with Crippen molar-refractivity contribution in [3.63, 3.8) is 0 Å². The van der Waals surface area contributed by atoms with E-state index < -0.39 is 0 Å². The topological polar surface area (TPSA) is 0 Å². The first kappa shape index (κ1) is 47.2.